The summed E-state index contributed by atoms with van der Waals surface area (Å²) in [4.78, 5) is 19.5. The highest BCUT2D eigenvalue weighted by molar-refractivity contribution is 5.92. The lowest BCUT2D eigenvalue weighted by atomic mass is 10.2. The van der Waals surface area contributed by atoms with Crippen LogP contribution in [0.4, 0.5) is 0 Å². The average molecular weight is 228 g/mol. The molecule has 0 spiro atoms. The smallest absolute Gasteiger partial charge is 0.317 e. The number of aromatic hydroxyl groups is 2. The molecule has 0 saturated carbocycles. The molecule has 0 saturated heterocycles. The second-order valence-corrected chi connectivity index (χ2v) is 2.91. The molecule has 0 bridgehead atoms. The van der Waals surface area contributed by atoms with Crippen molar-refractivity contribution in [2.24, 2.45) is 5.92 Å². The Morgan fingerprint density at radius 2 is 1.19 bits per heavy atom. The van der Waals surface area contributed by atoms with Gasteiger partial charge in [-0.2, -0.15) is 0 Å². The van der Waals surface area contributed by atoms with Crippen LogP contribution >= 0.6 is 0 Å². The summed E-state index contributed by atoms with van der Waals surface area (Å²) in [7, 11) is 0. The van der Waals surface area contributed by atoms with E-state index in [1.165, 1.54) is 24.3 Å². The summed E-state index contributed by atoms with van der Waals surface area (Å²) < 4.78 is 0. The minimum absolute atomic E-state index is 0.169. The van der Waals surface area contributed by atoms with E-state index in [4.69, 9.17) is 20.4 Å². The van der Waals surface area contributed by atoms with E-state index < -0.39 is 17.9 Å². The van der Waals surface area contributed by atoms with Crippen molar-refractivity contribution in [3.8, 4) is 11.5 Å². The molecular weight excluding hydrogens is 216 g/mol. The van der Waals surface area contributed by atoms with E-state index in [-0.39, 0.29) is 11.5 Å². The molecule has 0 amide bonds. The molecule has 0 atom stereocenters. The summed E-state index contributed by atoms with van der Waals surface area (Å²) in [5, 5.41) is 33.2. The van der Waals surface area contributed by atoms with E-state index in [1.54, 1.807) is 0 Å². The number of carboxylic acid groups (broad SMARTS) is 2. The molecule has 0 fully saturated rings. The van der Waals surface area contributed by atoms with Gasteiger partial charge in [0, 0.05) is 0 Å². The molecule has 4 N–H and O–H groups in total. The van der Waals surface area contributed by atoms with Gasteiger partial charge in [0.05, 0.1) is 0 Å². The second kappa shape index (κ2) is 6.28. The van der Waals surface area contributed by atoms with Crippen molar-refractivity contribution in [1.29, 1.82) is 0 Å². The van der Waals surface area contributed by atoms with Gasteiger partial charge in [-0.05, 0) is 31.2 Å². The lowest BCUT2D eigenvalue weighted by Crippen LogP contribution is -2.19. The molecule has 0 heterocycles. The Kier molecular flexibility index (Phi) is 5.40. The first kappa shape index (κ1) is 13.8. The van der Waals surface area contributed by atoms with E-state index in [0.717, 1.165) is 6.92 Å². The van der Waals surface area contributed by atoms with Gasteiger partial charge in [-0.3, -0.25) is 9.59 Å². The predicted octanol–water partition coefficient (Wildman–Crippen LogP) is 0.889. The van der Waals surface area contributed by atoms with Gasteiger partial charge in [0.25, 0.3) is 0 Å². The summed E-state index contributed by atoms with van der Waals surface area (Å²) in [6.45, 7) is 1.12. The third-order valence-electron chi connectivity index (χ3n) is 1.59. The predicted molar refractivity (Wildman–Crippen MR) is 54.2 cm³/mol. The molecule has 88 valence electrons. The molecule has 0 aliphatic heterocycles. The number of aliphatic carboxylic acids is 2. The third-order valence-corrected chi connectivity index (χ3v) is 1.59. The maximum atomic E-state index is 9.76. The number of hydrogen-bond donors (Lipinski definition) is 4. The van der Waals surface area contributed by atoms with Crippen molar-refractivity contribution in [3.05, 3.63) is 24.3 Å². The molecule has 6 heteroatoms. The maximum absolute atomic E-state index is 9.76. The van der Waals surface area contributed by atoms with E-state index in [2.05, 4.69) is 0 Å². The van der Waals surface area contributed by atoms with Crippen LogP contribution in [0, 0.1) is 5.92 Å². The number of carboxylic acids is 2. The van der Waals surface area contributed by atoms with Gasteiger partial charge in [-0.25, -0.2) is 0 Å². The molecule has 1 aromatic carbocycles. The van der Waals surface area contributed by atoms with Gasteiger partial charge >= 0.3 is 11.9 Å². The molecule has 0 aliphatic carbocycles. The summed E-state index contributed by atoms with van der Waals surface area (Å²) in [6, 6.07) is 5.70. The molecule has 0 unspecified atom stereocenters. The van der Waals surface area contributed by atoms with Gasteiger partial charge in [0.2, 0.25) is 0 Å². The van der Waals surface area contributed by atoms with Gasteiger partial charge in [-0.15, -0.1) is 0 Å². The van der Waals surface area contributed by atoms with Crippen LogP contribution in [0.3, 0.4) is 0 Å². The second-order valence-electron chi connectivity index (χ2n) is 2.91. The zero-order valence-corrected chi connectivity index (χ0v) is 8.49. The Bertz CT molecular complexity index is 321. The zero-order valence-electron chi connectivity index (χ0n) is 8.49. The molecule has 1 rings (SSSR count). The standard InChI is InChI=1S/C6H6O2.C4H6O4/c7-5-1-2-6(8)4-3-5;1-2(3(5)6)4(7)8/h1-4,7-8H;2H,1H3,(H,5,6)(H,7,8). The molecule has 16 heavy (non-hydrogen) atoms. The van der Waals surface area contributed by atoms with Crippen LogP contribution in [0.5, 0.6) is 11.5 Å². The first-order chi connectivity index (χ1) is 7.34. The van der Waals surface area contributed by atoms with Crippen molar-refractivity contribution in [3.63, 3.8) is 0 Å². The van der Waals surface area contributed by atoms with E-state index >= 15 is 0 Å². The summed E-state index contributed by atoms with van der Waals surface area (Å²) >= 11 is 0. The van der Waals surface area contributed by atoms with Crippen molar-refractivity contribution in [2.45, 2.75) is 6.92 Å². The largest absolute Gasteiger partial charge is 0.508 e. The summed E-state index contributed by atoms with van der Waals surface area (Å²) in [5.74, 6) is -3.57. The lowest BCUT2D eigenvalue weighted by molar-refractivity contribution is -0.153. The van der Waals surface area contributed by atoms with Crippen molar-refractivity contribution in [2.75, 3.05) is 0 Å². The van der Waals surface area contributed by atoms with Gasteiger partial charge in [0.1, 0.15) is 11.5 Å². The Morgan fingerprint density at radius 1 is 0.938 bits per heavy atom. The van der Waals surface area contributed by atoms with Gasteiger partial charge in [0.15, 0.2) is 5.92 Å². The van der Waals surface area contributed by atoms with E-state index in [9.17, 15) is 9.59 Å². The Labute approximate surface area is 91.4 Å². The Morgan fingerprint density at radius 3 is 1.31 bits per heavy atom. The number of carbonyl (C=O) groups is 2. The minimum atomic E-state index is -1.31. The molecule has 1 aromatic rings. The monoisotopic (exact) mass is 228 g/mol. The van der Waals surface area contributed by atoms with Crippen LogP contribution in [-0.2, 0) is 9.59 Å². The number of phenols is 2. The molecule has 0 aromatic heterocycles. The maximum Gasteiger partial charge on any atom is 0.317 e. The average Bonchev–Trinajstić information content (AvgIpc) is 2.22. The first-order valence-corrected chi connectivity index (χ1v) is 4.28. The van der Waals surface area contributed by atoms with Crippen molar-refractivity contribution < 1.29 is 30.0 Å². The number of benzene rings is 1. The molecule has 0 aliphatic rings. The third kappa shape index (κ3) is 5.48. The SMILES string of the molecule is CC(C(=O)O)C(=O)O.Oc1ccc(O)cc1. The van der Waals surface area contributed by atoms with Crippen molar-refractivity contribution in [1.82, 2.24) is 0 Å². The molecule has 6 nitrogen and oxygen atoms in total. The highest BCUT2D eigenvalue weighted by Crippen LogP contribution is 2.13. The zero-order chi connectivity index (χ0) is 12.7. The minimum Gasteiger partial charge on any atom is -0.508 e. The quantitative estimate of drug-likeness (QED) is 0.441. The van der Waals surface area contributed by atoms with Crippen LogP contribution in [0.15, 0.2) is 24.3 Å². The number of phenolic OH excluding ortho intramolecular Hbond substituents is 2. The highest BCUT2D eigenvalue weighted by atomic mass is 16.4. The van der Waals surface area contributed by atoms with Crippen LogP contribution in [-0.4, -0.2) is 32.4 Å². The number of hydrogen-bond acceptors (Lipinski definition) is 4. The first-order valence-electron chi connectivity index (χ1n) is 4.28. The molecular formula is C10H12O6. The van der Waals surface area contributed by atoms with E-state index in [0.29, 0.717) is 0 Å². The fourth-order valence-electron chi connectivity index (χ4n) is 0.558. The van der Waals surface area contributed by atoms with Crippen LogP contribution < -0.4 is 0 Å². The number of rotatable bonds is 2. The van der Waals surface area contributed by atoms with Gasteiger partial charge < -0.3 is 20.4 Å². The van der Waals surface area contributed by atoms with Crippen LogP contribution in [0.1, 0.15) is 6.92 Å². The van der Waals surface area contributed by atoms with E-state index in [1.807, 2.05) is 0 Å². The Hall–Kier alpha value is -2.24. The fraction of sp³-hybridized carbons (Fsp3) is 0.200. The van der Waals surface area contributed by atoms with Crippen LogP contribution in [0.2, 0.25) is 0 Å². The Balaban J connectivity index is 0.000000281. The van der Waals surface area contributed by atoms with Gasteiger partial charge in [-0.1, -0.05) is 0 Å². The summed E-state index contributed by atoms with van der Waals surface area (Å²) in [5.41, 5.74) is 0. The van der Waals surface area contributed by atoms with Crippen LogP contribution in [0.25, 0.3) is 0 Å². The highest BCUT2D eigenvalue weighted by Gasteiger charge is 2.18. The normalized spacial score (nSPS) is 9.12. The summed E-state index contributed by atoms with van der Waals surface area (Å²) in [6.07, 6.45) is 0. The fourth-order valence-corrected chi connectivity index (χ4v) is 0.558. The lowest BCUT2D eigenvalue weighted by Gasteiger charge is -1.94. The topological polar surface area (TPSA) is 115 Å². The molecule has 0 radical (unpaired) electrons. The van der Waals surface area contributed by atoms with Crippen molar-refractivity contribution >= 4 is 11.9 Å².